The van der Waals surface area contributed by atoms with Gasteiger partial charge in [-0.1, -0.05) is 20.3 Å². The smallest absolute Gasteiger partial charge is 0.246 e. The Labute approximate surface area is 172 Å². The highest BCUT2D eigenvalue weighted by atomic mass is 16.5. The Morgan fingerprint density at radius 3 is 2.45 bits per heavy atom. The predicted molar refractivity (Wildman–Crippen MR) is 107 cm³/mol. The lowest BCUT2D eigenvalue weighted by molar-refractivity contribution is -0.151. The van der Waals surface area contributed by atoms with Gasteiger partial charge in [0.1, 0.15) is 11.6 Å². The number of nitrogens with one attached hydrogen (secondary N) is 2. The quantitative estimate of drug-likeness (QED) is 0.565. The summed E-state index contributed by atoms with van der Waals surface area (Å²) < 4.78 is 6.47. The third kappa shape index (κ3) is 3.06. The van der Waals surface area contributed by atoms with E-state index in [-0.39, 0.29) is 36.3 Å². The van der Waals surface area contributed by atoms with E-state index in [1.54, 1.807) is 7.05 Å². The van der Waals surface area contributed by atoms with Crippen LogP contribution >= 0.6 is 0 Å². The molecule has 3 aliphatic rings. The third-order valence-electron chi connectivity index (χ3n) is 7.27. The van der Waals surface area contributed by atoms with Crippen LogP contribution in [0.15, 0.2) is 0 Å². The molecule has 2 bridgehead atoms. The van der Waals surface area contributed by atoms with Crippen molar-refractivity contribution >= 4 is 17.7 Å². The molecule has 3 saturated heterocycles. The molecule has 3 fully saturated rings. The van der Waals surface area contributed by atoms with Gasteiger partial charge in [-0.15, -0.1) is 0 Å². The summed E-state index contributed by atoms with van der Waals surface area (Å²) in [6, 6.07) is -1.46. The first-order valence-electron chi connectivity index (χ1n) is 10.7. The van der Waals surface area contributed by atoms with Crippen molar-refractivity contribution in [1.29, 1.82) is 0 Å². The summed E-state index contributed by atoms with van der Waals surface area (Å²) in [5.41, 5.74) is -1.81. The highest BCUT2D eigenvalue weighted by Crippen LogP contribution is 2.63. The van der Waals surface area contributed by atoms with Crippen LogP contribution in [0.3, 0.4) is 0 Å². The number of amides is 3. The molecule has 0 aromatic carbocycles. The Hall–Kier alpha value is -1.67. The normalized spacial score (nSPS) is 37.6. The summed E-state index contributed by atoms with van der Waals surface area (Å²) >= 11 is 0. The van der Waals surface area contributed by atoms with Crippen molar-refractivity contribution in [2.75, 3.05) is 13.7 Å². The largest absolute Gasteiger partial charge is 0.394 e. The molecular formula is C21H35N3O5. The first kappa shape index (κ1) is 22.0. The number of fused-ring (bicyclic) bond motifs is 1. The van der Waals surface area contributed by atoms with E-state index in [9.17, 15) is 19.5 Å². The maximum absolute atomic E-state index is 13.7. The summed E-state index contributed by atoms with van der Waals surface area (Å²) in [6.45, 7) is 9.33. The molecule has 164 valence electrons. The van der Waals surface area contributed by atoms with E-state index in [4.69, 9.17) is 4.74 Å². The van der Waals surface area contributed by atoms with Gasteiger partial charge in [0.15, 0.2) is 0 Å². The second-order valence-electron chi connectivity index (χ2n) is 9.39. The molecule has 3 N–H and O–H groups in total. The minimum atomic E-state index is -1.04. The van der Waals surface area contributed by atoms with Gasteiger partial charge in [0.2, 0.25) is 17.7 Å². The number of rotatable bonds is 7. The molecule has 29 heavy (non-hydrogen) atoms. The van der Waals surface area contributed by atoms with Crippen LogP contribution in [0.5, 0.6) is 0 Å². The molecule has 3 amide bonds. The second kappa shape index (κ2) is 7.54. The van der Waals surface area contributed by atoms with Crippen LogP contribution < -0.4 is 10.6 Å². The minimum absolute atomic E-state index is 0.000218. The molecule has 8 heteroatoms. The summed E-state index contributed by atoms with van der Waals surface area (Å²) in [5.74, 6) is -2.14. The average Bonchev–Trinajstić information content (AvgIpc) is 3.22. The van der Waals surface area contributed by atoms with Crippen LogP contribution in [0, 0.1) is 17.8 Å². The summed E-state index contributed by atoms with van der Waals surface area (Å²) in [6.07, 6.45) is 1.91. The Morgan fingerprint density at radius 1 is 1.28 bits per heavy atom. The van der Waals surface area contributed by atoms with Crippen LogP contribution in [0.1, 0.15) is 53.9 Å². The van der Waals surface area contributed by atoms with E-state index >= 15 is 0 Å². The molecule has 3 aliphatic heterocycles. The Balaban J connectivity index is 2.12. The first-order chi connectivity index (χ1) is 13.6. The van der Waals surface area contributed by atoms with E-state index in [1.165, 1.54) is 4.90 Å². The molecule has 7 atom stereocenters. The topological polar surface area (TPSA) is 108 Å². The maximum Gasteiger partial charge on any atom is 0.246 e. The molecular weight excluding hydrogens is 374 g/mol. The van der Waals surface area contributed by atoms with Crippen LogP contribution in [-0.4, -0.2) is 70.7 Å². The monoisotopic (exact) mass is 409 g/mol. The van der Waals surface area contributed by atoms with E-state index in [2.05, 4.69) is 10.6 Å². The molecule has 0 aliphatic carbocycles. The molecule has 1 spiro atoms. The minimum Gasteiger partial charge on any atom is -0.394 e. The zero-order valence-electron chi connectivity index (χ0n) is 18.3. The second-order valence-corrected chi connectivity index (χ2v) is 9.39. The van der Waals surface area contributed by atoms with Gasteiger partial charge in [0.25, 0.3) is 0 Å². The van der Waals surface area contributed by atoms with Crippen LogP contribution in [0.4, 0.5) is 0 Å². The lowest BCUT2D eigenvalue weighted by Crippen LogP contribution is -2.59. The average molecular weight is 410 g/mol. The Morgan fingerprint density at radius 2 is 1.93 bits per heavy atom. The number of hydrogen-bond acceptors (Lipinski definition) is 5. The number of carbonyl (C=O) groups is 3. The highest BCUT2D eigenvalue weighted by molar-refractivity contribution is 5.99. The lowest BCUT2D eigenvalue weighted by Gasteiger charge is -2.39. The van der Waals surface area contributed by atoms with Gasteiger partial charge in [-0.05, 0) is 39.5 Å². The molecule has 8 nitrogen and oxygen atoms in total. The fraction of sp³-hybridized carbons (Fsp3) is 0.857. The number of nitrogens with zero attached hydrogens (tertiary/aromatic N) is 1. The summed E-state index contributed by atoms with van der Waals surface area (Å²) in [5, 5.41) is 15.8. The van der Waals surface area contributed by atoms with Gasteiger partial charge in [0, 0.05) is 13.1 Å². The van der Waals surface area contributed by atoms with E-state index in [1.807, 2.05) is 34.6 Å². The number of aliphatic hydroxyl groups is 1. The summed E-state index contributed by atoms with van der Waals surface area (Å²) in [4.78, 5) is 41.4. The van der Waals surface area contributed by atoms with Gasteiger partial charge < -0.3 is 25.4 Å². The molecule has 3 heterocycles. The molecule has 0 aromatic heterocycles. The van der Waals surface area contributed by atoms with Gasteiger partial charge in [-0.3, -0.25) is 14.4 Å². The zero-order valence-corrected chi connectivity index (χ0v) is 18.3. The maximum atomic E-state index is 13.7. The molecule has 2 unspecified atom stereocenters. The molecule has 0 saturated carbocycles. The predicted octanol–water partition coefficient (Wildman–Crippen LogP) is 0.429. The van der Waals surface area contributed by atoms with Gasteiger partial charge in [-0.2, -0.15) is 0 Å². The van der Waals surface area contributed by atoms with E-state index in [0.717, 1.165) is 6.42 Å². The number of carbonyl (C=O) groups excluding carboxylic acids is 3. The number of likely N-dealkylation sites (tertiary alicyclic amines) is 1. The molecule has 0 aromatic rings. The van der Waals surface area contributed by atoms with Crippen LogP contribution in [0.25, 0.3) is 0 Å². The van der Waals surface area contributed by atoms with E-state index in [0.29, 0.717) is 12.8 Å². The van der Waals surface area contributed by atoms with Crippen molar-refractivity contribution in [3.63, 3.8) is 0 Å². The number of aliphatic hydroxyl groups excluding tert-OH is 1. The van der Waals surface area contributed by atoms with Crippen molar-refractivity contribution in [2.24, 2.45) is 17.8 Å². The standard InChI is InChI=1S/C21H35N3O5/c1-7-12(4)13(10-25)24-16(18(27)23-11(2)3)21-9-8-20(5,29-21)14(17(26)22-6)15(21)19(24)28/h11-16,25H,7-10H2,1-6H3,(H,22,26)(H,23,27)/t12-,13-,14-,15-,16?,20+,21?/m0/s1. The Bertz CT molecular complexity index is 698. The van der Waals surface area contributed by atoms with Gasteiger partial charge >= 0.3 is 0 Å². The van der Waals surface area contributed by atoms with Gasteiger partial charge in [-0.25, -0.2) is 0 Å². The Kier molecular flexibility index (Phi) is 5.73. The van der Waals surface area contributed by atoms with Crippen molar-refractivity contribution in [2.45, 2.75) is 83.2 Å². The van der Waals surface area contributed by atoms with Crippen molar-refractivity contribution in [1.82, 2.24) is 15.5 Å². The first-order valence-corrected chi connectivity index (χ1v) is 10.7. The number of hydrogen-bond donors (Lipinski definition) is 3. The summed E-state index contributed by atoms with van der Waals surface area (Å²) in [7, 11) is 1.56. The van der Waals surface area contributed by atoms with Crippen molar-refractivity contribution < 1.29 is 24.2 Å². The molecule has 3 rings (SSSR count). The lowest BCUT2D eigenvalue weighted by atomic mass is 9.66. The number of ether oxygens (including phenoxy) is 1. The zero-order chi connectivity index (χ0) is 21.7. The third-order valence-corrected chi connectivity index (χ3v) is 7.27. The molecule has 0 radical (unpaired) electrons. The fourth-order valence-electron chi connectivity index (χ4n) is 5.75. The van der Waals surface area contributed by atoms with Crippen LogP contribution in [-0.2, 0) is 19.1 Å². The SMILES string of the molecule is CC[C@H](C)[C@H](CO)N1C(=O)[C@@H]2[C@@H](C(=O)NC)[C@@]3(C)CCC2(O3)C1C(=O)NC(C)C. The van der Waals surface area contributed by atoms with Crippen molar-refractivity contribution in [3.05, 3.63) is 0 Å². The van der Waals surface area contributed by atoms with E-state index < -0.39 is 35.1 Å². The van der Waals surface area contributed by atoms with Crippen molar-refractivity contribution in [3.8, 4) is 0 Å². The van der Waals surface area contributed by atoms with Gasteiger partial charge in [0.05, 0.1) is 30.1 Å². The van der Waals surface area contributed by atoms with Crippen LogP contribution in [0.2, 0.25) is 0 Å². The highest BCUT2D eigenvalue weighted by Gasteiger charge is 2.78. The fourth-order valence-corrected chi connectivity index (χ4v) is 5.75.